The second-order valence-electron chi connectivity index (χ2n) is 18.0. The van der Waals surface area contributed by atoms with E-state index >= 15 is 0 Å². The molecule has 0 amide bonds. The molecular weight excluding hydrogens is 841 g/mol. The number of allylic oxidation sites excluding steroid dienone is 3. The summed E-state index contributed by atoms with van der Waals surface area (Å²) in [6.45, 7) is 13.0. The summed E-state index contributed by atoms with van der Waals surface area (Å²) in [6.07, 6.45) is 7.55. The SMILES string of the molecule is Cc1ccccc1N(C1=CCC(c2nc(-c3ccc(N(c4ccccc4C)c4ccccc4C)cc3)nc(-c3ccc(N(c4ccccc4C)c4ccccc4C)cc3)n2)C=C1)c1ccccc1C. The molecule has 0 spiro atoms. The topological polar surface area (TPSA) is 48.4 Å². The van der Waals surface area contributed by atoms with Gasteiger partial charge < -0.3 is 14.7 Å². The summed E-state index contributed by atoms with van der Waals surface area (Å²) in [6, 6.07) is 68.7. The molecule has 6 heteroatoms. The Hall–Kier alpha value is -8.35. The van der Waals surface area contributed by atoms with Crippen LogP contribution in [-0.4, -0.2) is 15.0 Å². The molecule has 10 rings (SSSR count). The van der Waals surface area contributed by atoms with Crippen molar-refractivity contribution in [1.29, 1.82) is 0 Å². The third-order valence-electron chi connectivity index (χ3n) is 13.2. The van der Waals surface area contributed by atoms with Crippen LogP contribution in [0.2, 0.25) is 0 Å². The van der Waals surface area contributed by atoms with E-state index in [0.29, 0.717) is 11.6 Å². The molecule has 1 aliphatic rings. The van der Waals surface area contributed by atoms with Crippen LogP contribution in [0.5, 0.6) is 0 Å². The maximum Gasteiger partial charge on any atom is 0.163 e. The molecule has 1 aromatic heterocycles. The van der Waals surface area contributed by atoms with Crippen molar-refractivity contribution >= 4 is 45.5 Å². The predicted molar refractivity (Wildman–Crippen MR) is 288 cm³/mol. The number of benzene rings is 8. The van der Waals surface area contributed by atoms with Crippen LogP contribution in [0, 0.1) is 41.5 Å². The summed E-state index contributed by atoms with van der Waals surface area (Å²) in [5.74, 6) is 1.93. The zero-order valence-electron chi connectivity index (χ0n) is 40.2. The van der Waals surface area contributed by atoms with E-state index in [4.69, 9.17) is 15.0 Å². The first-order chi connectivity index (χ1) is 33.7. The van der Waals surface area contributed by atoms with Crippen molar-refractivity contribution in [3.05, 3.63) is 257 Å². The van der Waals surface area contributed by atoms with E-state index < -0.39 is 0 Å². The molecule has 1 atom stereocenters. The average molecular weight is 897 g/mol. The molecule has 0 N–H and O–H groups in total. The predicted octanol–water partition coefficient (Wildman–Crippen LogP) is 16.8. The summed E-state index contributed by atoms with van der Waals surface area (Å²) >= 11 is 0. The van der Waals surface area contributed by atoms with Crippen LogP contribution in [0.25, 0.3) is 22.8 Å². The highest BCUT2D eigenvalue weighted by Gasteiger charge is 2.24. The molecular formula is C63H56N6. The van der Waals surface area contributed by atoms with Crippen LogP contribution < -0.4 is 14.7 Å². The lowest BCUT2D eigenvalue weighted by molar-refractivity contribution is 0.757. The first-order valence-corrected chi connectivity index (χ1v) is 23.8. The number of hydrogen-bond acceptors (Lipinski definition) is 6. The van der Waals surface area contributed by atoms with Gasteiger partial charge in [0.25, 0.3) is 0 Å². The quantitative estimate of drug-likeness (QED) is 0.122. The van der Waals surface area contributed by atoms with E-state index in [0.717, 1.165) is 74.6 Å². The molecule has 338 valence electrons. The molecule has 1 unspecified atom stereocenters. The minimum absolute atomic E-state index is 0.0707. The van der Waals surface area contributed by atoms with Gasteiger partial charge >= 0.3 is 0 Å². The van der Waals surface area contributed by atoms with E-state index in [9.17, 15) is 0 Å². The second kappa shape index (κ2) is 19.5. The van der Waals surface area contributed by atoms with Crippen LogP contribution in [0.1, 0.15) is 51.5 Å². The van der Waals surface area contributed by atoms with Gasteiger partial charge in [-0.1, -0.05) is 121 Å². The lowest BCUT2D eigenvalue weighted by atomic mass is 9.96. The Morgan fingerprint density at radius 1 is 0.348 bits per heavy atom. The van der Waals surface area contributed by atoms with Crippen molar-refractivity contribution in [2.24, 2.45) is 0 Å². The Labute approximate surface area is 407 Å². The minimum atomic E-state index is -0.0707. The van der Waals surface area contributed by atoms with E-state index in [2.05, 4.69) is 269 Å². The maximum absolute atomic E-state index is 5.29. The van der Waals surface area contributed by atoms with Gasteiger partial charge in [0.05, 0.1) is 0 Å². The molecule has 1 aliphatic carbocycles. The van der Waals surface area contributed by atoms with E-state index in [-0.39, 0.29) is 5.92 Å². The van der Waals surface area contributed by atoms with Crippen LogP contribution in [-0.2, 0) is 0 Å². The molecule has 9 aromatic rings. The zero-order chi connectivity index (χ0) is 47.4. The van der Waals surface area contributed by atoms with Crippen molar-refractivity contribution in [2.75, 3.05) is 14.7 Å². The van der Waals surface area contributed by atoms with Crippen molar-refractivity contribution < 1.29 is 0 Å². The molecule has 1 heterocycles. The Morgan fingerprint density at radius 2 is 0.652 bits per heavy atom. The van der Waals surface area contributed by atoms with Gasteiger partial charge in [-0.2, -0.15) is 0 Å². The lowest BCUT2D eigenvalue weighted by Crippen LogP contribution is -2.19. The van der Waals surface area contributed by atoms with Gasteiger partial charge in [0.1, 0.15) is 5.82 Å². The standard InChI is InChI=1S/C63H56N6/c1-43-19-7-13-25-55(43)67(56-26-14-8-20-44(56)2)52-37-31-49(32-38-52)61-64-62(50-33-39-53(40-34-50)68(57-27-15-9-21-45(57)3)58-28-16-10-22-46(58)4)66-63(65-61)51-35-41-54(42-36-51)69(59-29-17-11-23-47(59)5)60-30-18-12-24-48(60)6/h7-35,37-42,51H,36H2,1-6H3. The molecule has 0 fully saturated rings. The monoisotopic (exact) mass is 896 g/mol. The van der Waals surface area contributed by atoms with E-state index in [1.54, 1.807) is 0 Å². The van der Waals surface area contributed by atoms with E-state index in [1.165, 1.54) is 33.4 Å². The first kappa shape index (κ1) is 44.5. The minimum Gasteiger partial charge on any atom is -0.310 e. The molecule has 0 bridgehead atoms. The smallest absolute Gasteiger partial charge is 0.163 e. The first-order valence-electron chi connectivity index (χ1n) is 23.8. The molecule has 0 aliphatic heterocycles. The zero-order valence-corrected chi connectivity index (χ0v) is 40.2. The highest BCUT2D eigenvalue weighted by molar-refractivity contribution is 5.83. The lowest BCUT2D eigenvalue weighted by Gasteiger charge is -2.31. The molecule has 69 heavy (non-hydrogen) atoms. The largest absolute Gasteiger partial charge is 0.310 e. The Balaban J connectivity index is 1.05. The molecule has 0 saturated carbocycles. The van der Waals surface area contributed by atoms with E-state index in [1.807, 2.05) is 0 Å². The Bertz CT molecular complexity index is 3060. The van der Waals surface area contributed by atoms with Crippen molar-refractivity contribution in [3.8, 4) is 22.8 Å². The van der Waals surface area contributed by atoms with Gasteiger partial charge in [-0.15, -0.1) is 0 Å². The molecule has 0 saturated heterocycles. The maximum atomic E-state index is 5.29. The number of aromatic nitrogens is 3. The summed E-state index contributed by atoms with van der Waals surface area (Å²) in [5, 5.41) is 0. The highest BCUT2D eigenvalue weighted by Crippen LogP contribution is 2.42. The van der Waals surface area contributed by atoms with Crippen LogP contribution in [0.15, 0.2) is 218 Å². The normalized spacial score (nSPS) is 13.2. The van der Waals surface area contributed by atoms with Gasteiger partial charge in [0, 0.05) is 68.2 Å². The van der Waals surface area contributed by atoms with Crippen molar-refractivity contribution in [2.45, 2.75) is 53.9 Å². The number of rotatable bonds is 12. The Kier molecular flexibility index (Phi) is 12.6. The second-order valence-corrected chi connectivity index (χ2v) is 18.0. The summed E-state index contributed by atoms with van der Waals surface area (Å²) < 4.78 is 0. The third kappa shape index (κ3) is 9.09. The van der Waals surface area contributed by atoms with Crippen molar-refractivity contribution in [3.63, 3.8) is 0 Å². The Morgan fingerprint density at radius 3 is 0.942 bits per heavy atom. The highest BCUT2D eigenvalue weighted by atomic mass is 15.2. The fourth-order valence-corrected chi connectivity index (χ4v) is 9.41. The van der Waals surface area contributed by atoms with Gasteiger partial charge in [-0.25, -0.2) is 15.0 Å². The van der Waals surface area contributed by atoms with Gasteiger partial charge in [-0.05, 0) is 172 Å². The summed E-state index contributed by atoms with van der Waals surface area (Å²) in [7, 11) is 0. The number of hydrogen-bond donors (Lipinski definition) is 0. The van der Waals surface area contributed by atoms with Gasteiger partial charge in [-0.3, -0.25) is 0 Å². The fraction of sp³-hybridized carbons (Fsp3) is 0.127. The van der Waals surface area contributed by atoms with Gasteiger partial charge in [0.2, 0.25) is 0 Å². The van der Waals surface area contributed by atoms with Crippen LogP contribution in [0.4, 0.5) is 45.5 Å². The number of aryl methyl sites for hydroxylation is 6. The third-order valence-corrected chi connectivity index (χ3v) is 13.2. The summed E-state index contributed by atoms with van der Waals surface area (Å²) in [4.78, 5) is 22.9. The van der Waals surface area contributed by atoms with Gasteiger partial charge in [0.15, 0.2) is 11.6 Å². The molecule has 6 nitrogen and oxygen atoms in total. The molecule has 8 aromatic carbocycles. The van der Waals surface area contributed by atoms with Crippen LogP contribution >= 0.6 is 0 Å². The fourth-order valence-electron chi connectivity index (χ4n) is 9.41. The number of anilines is 8. The molecule has 0 radical (unpaired) electrons. The summed E-state index contributed by atoms with van der Waals surface area (Å²) in [5.41, 5.74) is 19.1. The van der Waals surface area contributed by atoms with Crippen molar-refractivity contribution in [1.82, 2.24) is 15.0 Å². The number of nitrogens with zero attached hydrogens (tertiary/aromatic N) is 6. The average Bonchev–Trinajstić information content (AvgIpc) is 3.38. The van der Waals surface area contributed by atoms with Crippen LogP contribution in [0.3, 0.4) is 0 Å². The number of para-hydroxylation sites is 6.